The normalized spacial score (nSPS) is 49.7. The third kappa shape index (κ3) is 0.644. The number of rotatable bonds is 0. The zero-order valence-corrected chi connectivity index (χ0v) is 6.02. The maximum Gasteiger partial charge on any atom is 0.0708 e. The van der Waals surface area contributed by atoms with Crippen molar-refractivity contribution in [1.29, 1.82) is 0 Å². The highest BCUT2D eigenvalue weighted by atomic mass is 16.5. The first kappa shape index (κ1) is 5.72. The molecule has 0 aromatic rings. The fourth-order valence-electron chi connectivity index (χ4n) is 2.06. The zero-order chi connectivity index (χ0) is 6.32. The molecule has 1 saturated heterocycles. The van der Waals surface area contributed by atoms with E-state index in [2.05, 4.69) is 6.92 Å². The van der Waals surface area contributed by atoms with Crippen molar-refractivity contribution in [3.8, 4) is 0 Å². The van der Waals surface area contributed by atoms with Crippen LogP contribution >= 0.6 is 0 Å². The molecule has 1 unspecified atom stereocenters. The maximum atomic E-state index is 5.69. The second-order valence-corrected chi connectivity index (χ2v) is 3.46. The Morgan fingerprint density at radius 1 is 1.44 bits per heavy atom. The fraction of sp³-hybridized carbons (Fsp3) is 1.00. The SMILES string of the molecule is C[C@@H]1CCC12CCCO2. The lowest BCUT2D eigenvalue weighted by molar-refractivity contribution is -0.102. The molecule has 0 aromatic heterocycles. The predicted molar refractivity (Wildman–Crippen MR) is 36.3 cm³/mol. The van der Waals surface area contributed by atoms with Crippen LogP contribution in [-0.4, -0.2) is 12.2 Å². The minimum Gasteiger partial charge on any atom is -0.375 e. The van der Waals surface area contributed by atoms with Gasteiger partial charge in [-0.2, -0.15) is 0 Å². The lowest BCUT2D eigenvalue weighted by Crippen LogP contribution is -2.44. The molecule has 2 rings (SSSR count). The van der Waals surface area contributed by atoms with Gasteiger partial charge in [0, 0.05) is 6.61 Å². The minimum absolute atomic E-state index is 0.375. The first-order valence-corrected chi connectivity index (χ1v) is 3.97. The summed E-state index contributed by atoms with van der Waals surface area (Å²) in [6, 6.07) is 0. The molecule has 2 fully saturated rings. The van der Waals surface area contributed by atoms with Crippen molar-refractivity contribution in [3.05, 3.63) is 0 Å². The first-order valence-electron chi connectivity index (χ1n) is 3.97. The van der Waals surface area contributed by atoms with Crippen molar-refractivity contribution < 1.29 is 4.74 Å². The largest absolute Gasteiger partial charge is 0.375 e. The summed E-state index contributed by atoms with van der Waals surface area (Å²) < 4.78 is 5.69. The molecule has 1 heterocycles. The number of ether oxygens (including phenoxy) is 1. The summed E-state index contributed by atoms with van der Waals surface area (Å²) >= 11 is 0. The summed E-state index contributed by atoms with van der Waals surface area (Å²) in [6.45, 7) is 3.33. The second kappa shape index (κ2) is 1.72. The number of hydrogen-bond donors (Lipinski definition) is 0. The van der Waals surface area contributed by atoms with E-state index in [9.17, 15) is 0 Å². The van der Waals surface area contributed by atoms with E-state index >= 15 is 0 Å². The Kier molecular flexibility index (Phi) is 1.10. The number of hydrogen-bond acceptors (Lipinski definition) is 1. The summed E-state index contributed by atoms with van der Waals surface area (Å²) in [5, 5.41) is 0. The van der Waals surface area contributed by atoms with Gasteiger partial charge in [0.05, 0.1) is 5.60 Å². The van der Waals surface area contributed by atoms with Crippen molar-refractivity contribution in [2.24, 2.45) is 5.92 Å². The van der Waals surface area contributed by atoms with Crippen LogP contribution in [0.25, 0.3) is 0 Å². The summed E-state index contributed by atoms with van der Waals surface area (Å²) in [6.07, 6.45) is 5.34. The van der Waals surface area contributed by atoms with Gasteiger partial charge in [0.2, 0.25) is 0 Å². The van der Waals surface area contributed by atoms with Gasteiger partial charge in [0.1, 0.15) is 0 Å². The van der Waals surface area contributed by atoms with Crippen molar-refractivity contribution in [3.63, 3.8) is 0 Å². The van der Waals surface area contributed by atoms with Gasteiger partial charge in [-0.3, -0.25) is 0 Å². The van der Waals surface area contributed by atoms with E-state index < -0.39 is 0 Å². The van der Waals surface area contributed by atoms with Crippen LogP contribution in [-0.2, 0) is 4.74 Å². The molecule has 0 radical (unpaired) electrons. The average molecular weight is 126 g/mol. The molecule has 1 aliphatic heterocycles. The zero-order valence-electron chi connectivity index (χ0n) is 6.02. The Bertz CT molecular complexity index is 114. The van der Waals surface area contributed by atoms with E-state index in [0.29, 0.717) is 5.60 Å². The molecule has 1 saturated carbocycles. The minimum atomic E-state index is 0.375. The molecule has 1 spiro atoms. The molecule has 0 aromatic carbocycles. The Morgan fingerprint density at radius 3 is 2.56 bits per heavy atom. The van der Waals surface area contributed by atoms with Crippen LogP contribution in [0.1, 0.15) is 32.6 Å². The lowest BCUT2D eigenvalue weighted by atomic mass is 9.69. The van der Waals surface area contributed by atoms with Crippen molar-refractivity contribution in [2.75, 3.05) is 6.61 Å². The standard InChI is InChI=1S/C8H14O/c1-7-3-5-8(7)4-2-6-9-8/h7H,2-6H2,1H3/t7-,8?/m1/s1. The highest BCUT2D eigenvalue weighted by molar-refractivity contribution is 4.97. The summed E-state index contributed by atoms with van der Waals surface area (Å²) in [5.41, 5.74) is 0.375. The van der Waals surface area contributed by atoms with Crippen LogP contribution in [0.2, 0.25) is 0 Å². The van der Waals surface area contributed by atoms with Crippen molar-refractivity contribution >= 4 is 0 Å². The van der Waals surface area contributed by atoms with Gasteiger partial charge >= 0.3 is 0 Å². The first-order chi connectivity index (χ1) is 4.33. The van der Waals surface area contributed by atoms with Gasteiger partial charge in [-0.15, -0.1) is 0 Å². The molecule has 2 atom stereocenters. The van der Waals surface area contributed by atoms with Crippen LogP contribution in [0.15, 0.2) is 0 Å². The molecule has 0 bridgehead atoms. The van der Waals surface area contributed by atoms with Crippen LogP contribution in [0.4, 0.5) is 0 Å². The molecule has 0 N–H and O–H groups in total. The van der Waals surface area contributed by atoms with E-state index in [0.717, 1.165) is 12.5 Å². The second-order valence-electron chi connectivity index (χ2n) is 3.46. The monoisotopic (exact) mass is 126 g/mol. The van der Waals surface area contributed by atoms with Gasteiger partial charge in [-0.1, -0.05) is 6.92 Å². The average Bonchev–Trinajstić information content (AvgIpc) is 2.34. The van der Waals surface area contributed by atoms with Crippen molar-refractivity contribution in [2.45, 2.75) is 38.2 Å². The molecule has 9 heavy (non-hydrogen) atoms. The van der Waals surface area contributed by atoms with E-state index in [-0.39, 0.29) is 0 Å². The van der Waals surface area contributed by atoms with E-state index in [1.165, 1.54) is 25.7 Å². The molecular weight excluding hydrogens is 112 g/mol. The van der Waals surface area contributed by atoms with E-state index in [1.807, 2.05) is 0 Å². The third-order valence-corrected chi connectivity index (χ3v) is 3.03. The summed E-state index contributed by atoms with van der Waals surface area (Å²) in [5.74, 6) is 0.847. The summed E-state index contributed by atoms with van der Waals surface area (Å²) in [4.78, 5) is 0. The Hall–Kier alpha value is -0.0400. The summed E-state index contributed by atoms with van der Waals surface area (Å²) in [7, 11) is 0. The molecule has 1 nitrogen and oxygen atoms in total. The molecule has 52 valence electrons. The lowest BCUT2D eigenvalue weighted by Gasteiger charge is -2.44. The predicted octanol–water partition coefficient (Wildman–Crippen LogP) is 1.97. The maximum absolute atomic E-state index is 5.69. The topological polar surface area (TPSA) is 9.23 Å². The van der Waals surface area contributed by atoms with Crippen molar-refractivity contribution in [1.82, 2.24) is 0 Å². The molecule has 1 heteroatoms. The van der Waals surface area contributed by atoms with Gasteiger partial charge < -0.3 is 4.74 Å². The Morgan fingerprint density at radius 2 is 2.33 bits per heavy atom. The molecule has 0 amide bonds. The fourth-order valence-corrected chi connectivity index (χ4v) is 2.06. The van der Waals surface area contributed by atoms with Crippen LogP contribution in [0, 0.1) is 5.92 Å². The Balaban J connectivity index is 2.06. The van der Waals surface area contributed by atoms with E-state index in [4.69, 9.17) is 4.74 Å². The smallest absolute Gasteiger partial charge is 0.0708 e. The molecule has 1 aliphatic carbocycles. The molecular formula is C8H14O. The molecule has 2 aliphatic rings. The van der Waals surface area contributed by atoms with Crippen LogP contribution < -0.4 is 0 Å². The highest BCUT2D eigenvalue weighted by Gasteiger charge is 2.46. The quantitative estimate of drug-likeness (QED) is 0.482. The third-order valence-electron chi connectivity index (χ3n) is 3.03. The highest BCUT2D eigenvalue weighted by Crippen LogP contribution is 2.47. The van der Waals surface area contributed by atoms with Crippen LogP contribution in [0.3, 0.4) is 0 Å². The van der Waals surface area contributed by atoms with Gasteiger partial charge in [0.25, 0.3) is 0 Å². The van der Waals surface area contributed by atoms with Gasteiger partial charge in [0.15, 0.2) is 0 Å². The van der Waals surface area contributed by atoms with Gasteiger partial charge in [-0.25, -0.2) is 0 Å². The van der Waals surface area contributed by atoms with Gasteiger partial charge in [-0.05, 0) is 31.6 Å². The van der Waals surface area contributed by atoms with E-state index in [1.54, 1.807) is 0 Å². The van der Waals surface area contributed by atoms with Crippen LogP contribution in [0.5, 0.6) is 0 Å². The Labute approximate surface area is 56.4 Å².